The summed E-state index contributed by atoms with van der Waals surface area (Å²) in [4.78, 5) is 37.4. The van der Waals surface area contributed by atoms with Crippen LogP contribution in [-0.4, -0.2) is 50.2 Å². The zero-order valence-electron chi connectivity index (χ0n) is 25.5. The standard InChI is InChI=1S/C32H36N6O5/c1-31(2,3)42-29(39)37-17-22(16-34-37)20-11-13-24(14-12-20)38(30(40)43-32(4,5)6)28-25-18-41-19-26(25)35-27(36-28)21-9-8-10-23(15-21)33-7/h8-17,33H,18-19H2,1-7H3. The number of amides is 1. The Morgan fingerprint density at radius 2 is 1.63 bits per heavy atom. The number of carbonyl (C=O) groups excluding carboxylic acids is 2. The van der Waals surface area contributed by atoms with Crippen LogP contribution in [0.2, 0.25) is 0 Å². The van der Waals surface area contributed by atoms with Crippen molar-refractivity contribution < 1.29 is 23.8 Å². The van der Waals surface area contributed by atoms with Crippen molar-refractivity contribution in [2.45, 2.75) is 66.0 Å². The molecule has 0 aliphatic carbocycles. The van der Waals surface area contributed by atoms with Crippen molar-refractivity contribution >= 4 is 29.4 Å². The number of carbonyl (C=O) groups is 2. The van der Waals surface area contributed by atoms with Gasteiger partial charge >= 0.3 is 12.2 Å². The fraction of sp³-hybridized carbons (Fsp3) is 0.344. The van der Waals surface area contributed by atoms with Gasteiger partial charge in [-0.15, -0.1) is 0 Å². The number of ether oxygens (including phenoxy) is 3. The van der Waals surface area contributed by atoms with Gasteiger partial charge in [-0.25, -0.2) is 24.5 Å². The topological polar surface area (TPSA) is 121 Å². The van der Waals surface area contributed by atoms with Crippen molar-refractivity contribution in [3.8, 4) is 22.5 Å². The average molecular weight is 585 g/mol. The molecule has 1 aliphatic heterocycles. The first-order valence-electron chi connectivity index (χ1n) is 14.0. The summed E-state index contributed by atoms with van der Waals surface area (Å²) in [5, 5.41) is 7.30. The van der Waals surface area contributed by atoms with Gasteiger partial charge in [0.15, 0.2) is 11.6 Å². The fourth-order valence-corrected chi connectivity index (χ4v) is 4.47. The van der Waals surface area contributed by atoms with Crippen molar-refractivity contribution in [2.75, 3.05) is 17.3 Å². The molecule has 11 nitrogen and oxygen atoms in total. The molecule has 2 aromatic heterocycles. The average Bonchev–Trinajstić information content (AvgIpc) is 3.62. The van der Waals surface area contributed by atoms with Gasteiger partial charge in [-0.1, -0.05) is 24.3 Å². The summed E-state index contributed by atoms with van der Waals surface area (Å²) in [6.45, 7) is 11.4. The van der Waals surface area contributed by atoms with E-state index in [9.17, 15) is 9.59 Å². The highest BCUT2D eigenvalue weighted by atomic mass is 16.6. The SMILES string of the molecule is CNc1cccc(-c2nc3c(c(N(C(=O)OC(C)(C)C)c4ccc(-c5cnn(C(=O)OC(C)(C)C)c5)cc4)n2)COC3)c1. The Morgan fingerprint density at radius 1 is 0.907 bits per heavy atom. The Hall–Kier alpha value is -4.77. The summed E-state index contributed by atoms with van der Waals surface area (Å²) in [6.07, 6.45) is 2.04. The molecule has 0 unspecified atom stereocenters. The number of benzene rings is 2. The lowest BCUT2D eigenvalue weighted by molar-refractivity contribution is 0.0513. The molecular formula is C32H36N6O5. The molecule has 0 saturated carbocycles. The van der Waals surface area contributed by atoms with Crippen LogP contribution in [0.5, 0.6) is 0 Å². The lowest BCUT2D eigenvalue weighted by Crippen LogP contribution is -2.35. The lowest BCUT2D eigenvalue weighted by Gasteiger charge is -2.28. The van der Waals surface area contributed by atoms with Crippen LogP contribution >= 0.6 is 0 Å². The Labute approximate surface area is 250 Å². The van der Waals surface area contributed by atoms with Gasteiger partial charge in [0.05, 0.1) is 30.8 Å². The summed E-state index contributed by atoms with van der Waals surface area (Å²) < 4.78 is 18.2. The van der Waals surface area contributed by atoms with Crippen LogP contribution in [0, 0.1) is 0 Å². The molecule has 224 valence electrons. The summed E-state index contributed by atoms with van der Waals surface area (Å²) in [5.41, 5.74) is 3.81. The van der Waals surface area contributed by atoms with Crippen LogP contribution in [0.3, 0.4) is 0 Å². The van der Waals surface area contributed by atoms with Gasteiger partial charge in [0.2, 0.25) is 0 Å². The molecule has 11 heteroatoms. The minimum absolute atomic E-state index is 0.267. The van der Waals surface area contributed by atoms with Crippen molar-refractivity contribution in [3.05, 3.63) is 72.2 Å². The van der Waals surface area contributed by atoms with E-state index in [0.717, 1.165) is 32.8 Å². The van der Waals surface area contributed by atoms with E-state index in [2.05, 4.69) is 10.4 Å². The van der Waals surface area contributed by atoms with E-state index in [1.807, 2.05) is 64.2 Å². The first-order chi connectivity index (χ1) is 20.3. The maximum absolute atomic E-state index is 13.8. The van der Waals surface area contributed by atoms with Gasteiger partial charge in [-0.2, -0.15) is 9.78 Å². The molecule has 1 N–H and O–H groups in total. The molecule has 0 bridgehead atoms. The van der Waals surface area contributed by atoms with Crippen LogP contribution in [0.4, 0.5) is 26.8 Å². The third-order valence-corrected chi connectivity index (χ3v) is 6.38. The molecule has 0 fully saturated rings. The second-order valence-corrected chi connectivity index (χ2v) is 12.1. The smallest absolute Gasteiger partial charge is 0.435 e. The number of rotatable bonds is 5. The predicted molar refractivity (Wildman–Crippen MR) is 163 cm³/mol. The quantitative estimate of drug-likeness (QED) is 0.266. The highest BCUT2D eigenvalue weighted by Gasteiger charge is 2.32. The molecule has 4 aromatic rings. The fourth-order valence-electron chi connectivity index (χ4n) is 4.47. The number of hydrogen-bond acceptors (Lipinski definition) is 9. The molecule has 1 amide bonds. The molecule has 0 saturated heterocycles. The summed E-state index contributed by atoms with van der Waals surface area (Å²) in [5.74, 6) is 0.864. The van der Waals surface area contributed by atoms with Crippen molar-refractivity contribution in [1.29, 1.82) is 0 Å². The zero-order chi connectivity index (χ0) is 30.9. The van der Waals surface area contributed by atoms with Gasteiger partial charge in [0.1, 0.15) is 11.2 Å². The van der Waals surface area contributed by atoms with Gasteiger partial charge < -0.3 is 19.5 Å². The molecule has 1 aliphatic rings. The molecule has 43 heavy (non-hydrogen) atoms. The Bertz CT molecular complexity index is 1650. The second kappa shape index (κ2) is 11.5. The van der Waals surface area contributed by atoms with E-state index in [1.54, 1.807) is 45.3 Å². The molecular weight excluding hydrogens is 548 g/mol. The van der Waals surface area contributed by atoms with E-state index >= 15 is 0 Å². The van der Waals surface area contributed by atoms with Gasteiger partial charge in [0, 0.05) is 35.6 Å². The van der Waals surface area contributed by atoms with Crippen LogP contribution < -0.4 is 10.2 Å². The number of anilines is 3. The normalized spacial score (nSPS) is 12.9. The molecule has 2 aromatic carbocycles. The third kappa shape index (κ3) is 6.83. The molecule has 3 heterocycles. The van der Waals surface area contributed by atoms with Crippen molar-refractivity contribution in [2.24, 2.45) is 0 Å². The Balaban J connectivity index is 1.55. The van der Waals surface area contributed by atoms with E-state index in [4.69, 9.17) is 24.2 Å². The minimum atomic E-state index is -0.748. The number of hydrogen-bond donors (Lipinski definition) is 1. The van der Waals surface area contributed by atoms with E-state index in [1.165, 1.54) is 4.90 Å². The van der Waals surface area contributed by atoms with Gasteiger partial charge in [0.25, 0.3) is 0 Å². The third-order valence-electron chi connectivity index (χ3n) is 6.38. The summed E-state index contributed by atoms with van der Waals surface area (Å²) >= 11 is 0. The molecule has 0 radical (unpaired) electrons. The minimum Gasteiger partial charge on any atom is -0.443 e. The summed E-state index contributed by atoms with van der Waals surface area (Å²) in [6, 6.07) is 15.0. The highest BCUT2D eigenvalue weighted by molar-refractivity contribution is 5.96. The first-order valence-corrected chi connectivity index (χ1v) is 14.0. The number of fused-ring (bicyclic) bond motifs is 1. The van der Waals surface area contributed by atoms with Crippen molar-refractivity contribution in [1.82, 2.24) is 19.7 Å². The van der Waals surface area contributed by atoms with Crippen LogP contribution in [0.25, 0.3) is 22.5 Å². The molecule has 0 spiro atoms. The first kappa shape index (κ1) is 29.7. The van der Waals surface area contributed by atoms with E-state index in [-0.39, 0.29) is 6.61 Å². The maximum atomic E-state index is 13.8. The van der Waals surface area contributed by atoms with Crippen LogP contribution in [0.1, 0.15) is 52.8 Å². The van der Waals surface area contributed by atoms with Gasteiger partial charge in [-0.05, 0) is 71.4 Å². The Morgan fingerprint density at radius 3 is 2.30 bits per heavy atom. The van der Waals surface area contributed by atoms with E-state index in [0.29, 0.717) is 29.5 Å². The maximum Gasteiger partial charge on any atom is 0.435 e. The van der Waals surface area contributed by atoms with Crippen molar-refractivity contribution in [3.63, 3.8) is 0 Å². The largest absolute Gasteiger partial charge is 0.443 e. The number of nitrogens with one attached hydrogen (secondary N) is 1. The van der Waals surface area contributed by atoms with Gasteiger partial charge in [-0.3, -0.25) is 0 Å². The lowest BCUT2D eigenvalue weighted by atomic mass is 10.1. The molecule has 5 rings (SSSR count). The monoisotopic (exact) mass is 584 g/mol. The number of aromatic nitrogens is 4. The highest BCUT2D eigenvalue weighted by Crippen LogP contribution is 2.36. The van der Waals surface area contributed by atoms with Crippen LogP contribution in [0.15, 0.2) is 60.9 Å². The van der Waals surface area contributed by atoms with Crippen LogP contribution in [-0.2, 0) is 27.4 Å². The summed E-state index contributed by atoms with van der Waals surface area (Å²) in [7, 11) is 1.85. The Kier molecular flexibility index (Phi) is 7.94. The second-order valence-electron chi connectivity index (χ2n) is 12.1. The predicted octanol–water partition coefficient (Wildman–Crippen LogP) is 6.94. The van der Waals surface area contributed by atoms with E-state index < -0.39 is 23.4 Å². The molecule has 0 atom stereocenters. The number of nitrogens with zero attached hydrogens (tertiary/aromatic N) is 5. The zero-order valence-corrected chi connectivity index (χ0v) is 25.5.